The number of aromatic nitrogens is 2. The van der Waals surface area contributed by atoms with Crippen molar-refractivity contribution >= 4 is 34.6 Å². The van der Waals surface area contributed by atoms with E-state index in [1.54, 1.807) is 23.8 Å². The number of nitrogens with zero attached hydrogens (tertiary/aromatic N) is 2. The van der Waals surface area contributed by atoms with Crippen molar-refractivity contribution in [2.24, 2.45) is 5.10 Å². The summed E-state index contributed by atoms with van der Waals surface area (Å²) in [6.45, 7) is 5.78. The van der Waals surface area contributed by atoms with E-state index in [1.165, 1.54) is 18.2 Å². The predicted molar refractivity (Wildman–Crippen MR) is 124 cm³/mol. The first-order valence-electron chi connectivity index (χ1n) is 9.83. The molecule has 0 radical (unpaired) electrons. The fourth-order valence-corrected chi connectivity index (χ4v) is 3.32. The molecule has 0 aliphatic heterocycles. The molecule has 0 unspecified atom stereocenters. The Hall–Kier alpha value is -3.23. The molecule has 0 bridgehead atoms. The Bertz CT molecular complexity index is 1170. The van der Waals surface area contributed by atoms with Crippen molar-refractivity contribution in [1.82, 2.24) is 9.97 Å². The molecule has 0 saturated carbocycles. The minimum Gasteiger partial charge on any atom is -0.354 e. The molecule has 0 saturated heterocycles. The highest BCUT2D eigenvalue weighted by molar-refractivity contribution is 6.30. The van der Waals surface area contributed by atoms with Gasteiger partial charge in [-0.15, -0.1) is 0 Å². The molecule has 0 amide bonds. The van der Waals surface area contributed by atoms with Gasteiger partial charge in [0.2, 0.25) is 0 Å². The topological polar surface area (TPSA) is 98.8 Å². The van der Waals surface area contributed by atoms with Gasteiger partial charge in [-0.05, 0) is 43.2 Å². The first-order chi connectivity index (χ1) is 14.8. The summed E-state index contributed by atoms with van der Waals surface area (Å²) in [5.74, 6) is 0.834. The molecule has 0 spiro atoms. The zero-order valence-electron chi connectivity index (χ0n) is 17.8. The normalized spacial score (nSPS) is 11.6. The molecule has 3 aromatic rings. The lowest BCUT2D eigenvalue weighted by atomic mass is 10.0. The molecule has 0 fully saturated rings. The number of nitrogens with one attached hydrogen (secondary N) is 3. The van der Waals surface area contributed by atoms with Crippen LogP contribution in [0.15, 0.2) is 52.5 Å². The van der Waals surface area contributed by atoms with Crippen LogP contribution < -0.4 is 21.6 Å². The van der Waals surface area contributed by atoms with E-state index in [4.69, 9.17) is 11.6 Å². The third-order valence-electron chi connectivity index (χ3n) is 4.54. The monoisotopic (exact) mass is 443 g/mol. The van der Waals surface area contributed by atoms with Crippen LogP contribution in [0.25, 0.3) is 11.1 Å². The number of benzene rings is 1. The van der Waals surface area contributed by atoms with Crippen molar-refractivity contribution < 1.29 is 9.82 Å². The summed E-state index contributed by atoms with van der Waals surface area (Å²) in [5, 5.41) is 11.0. The molecule has 7 nitrogen and oxygen atoms in total. The van der Waals surface area contributed by atoms with Crippen LogP contribution in [0.3, 0.4) is 0 Å². The van der Waals surface area contributed by atoms with E-state index >= 15 is 0 Å². The van der Waals surface area contributed by atoms with Crippen LogP contribution in [-0.2, 0) is 0 Å². The maximum Gasteiger partial charge on any atom is 0.256 e. The summed E-state index contributed by atoms with van der Waals surface area (Å²) >= 11 is 6.03. The van der Waals surface area contributed by atoms with E-state index in [0.29, 0.717) is 28.1 Å². The lowest BCUT2D eigenvalue weighted by molar-refractivity contribution is -0.633. The first kappa shape index (κ1) is 22.5. The number of aromatic amines is 1. The predicted octanol–water partition coefficient (Wildman–Crippen LogP) is 4.03. The number of nitrogens with two attached hydrogens (primary N) is 1. The van der Waals surface area contributed by atoms with Crippen LogP contribution in [-0.4, -0.2) is 22.9 Å². The van der Waals surface area contributed by atoms with Gasteiger partial charge in [-0.2, -0.15) is 0 Å². The van der Waals surface area contributed by atoms with Crippen molar-refractivity contribution in [1.29, 1.82) is 0 Å². The van der Waals surface area contributed by atoms with E-state index in [0.717, 1.165) is 5.69 Å². The highest BCUT2D eigenvalue weighted by atomic mass is 35.5. The number of amidine groups is 1. The average molecular weight is 444 g/mol. The zero-order chi connectivity index (χ0) is 22.5. The molecule has 31 heavy (non-hydrogen) atoms. The van der Waals surface area contributed by atoms with Gasteiger partial charge in [-0.25, -0.2) is 14.8 Å². The second kappa shape index (κ2) is 9.72. The highest BCUT2D eigenvalue weighted by Gasteiger charge is 2.16. The molecule has 0 aliphatic rings. The summed E-state index contributed by atoms with van der Waals surface area (Å²) < 4.78 is 14.4. The Kier molecular flexibility index (Phi) is 7.04. The molecule has 5 N–H and O–H groups in total. The van der Waals surface area contributed by atoms with Crippen LogP contribution >= 0.6 is 11.6 Å². The molecule has 2 heterocycles. The molecule has 3 rings (SSSR count). The van der Waals surface area contributed by atoms with Crippen molar-refractivity contribution in [3.05, 3.63) is 69.5 Å². The van der Waals surface area contributed by atoms with Gasteiger partial charge in [-0.3, -0.25) is 4.79 Å². The van der Waals surface area contributed by atoms with Crippen molar-refractivity contribution in [2.45, 2.75) is 26.7 Å². The van der Waals surface area contributed by atoms with Gasteiger partial charge in [0, 0.05) is 34.2 Å². The second-order valence-electron chi connectivity index (χ2n) is 7.27. The number of anilines is 3. The van der Waals surface area contributed by atoms with Crippen LogP contribution in [0.5, 0.6) is 0 Å². The summed E-state index contributed by atoms with van der Waals surface area (Å²) in [6.07, 6.45) is 1.66. The van der Waals surface area contributed by atoms with E-state index in [9.17, 15) is 9.18 Å². The van der Waals surface area contributed by atoms with Gasteiger partial charge < -0.3 is 15.6 Å². The van der Waals surface area contributed by atoms with Gasteiger partial charge >= 0.3 is 0 Å². The van der Waals surface area contributed by atoms with E-state index in [1.807, 2.05) is 33.9 Å². The molecular formula is C22H25ClFN6O+. The molecule has 0 atom stereocenters. The first-order valence-corrected chi connectivity index (χ1v) is 10.2. The Balaban J connectivity index is 2.03. The lowest BCUT2D eigenvalue weighted by Gasteiger charge is -2.17. The smallest absolute Gasteiger partial charge is 0.256 e. The largest absolute Gasteiger partial charge is 0.354 e. The van der Waals surface area contributed by atoms with Gasteiger partial charge in [0.1, 0.15) is 11.6 Å². The van der Waals surface area contributed by atoms with Gasteiger partial charge in [0.25, 0.3) is 5.56 Å². The summed E-state index contributed by atoms with van der Waals surface area (Å²) in [5.41, 5.74) is 3.77. The number of pyridine rings is 2. The molecular weight excluding hydrogens is 419 g/mol. The van der Waals surface area contributed by atoms with Crippen LogP contribution in [0.4, 0.5) is 21.6 Å². The SMILES string of the molecule is C[NH2+]/N=C(\C)Nc1cc(Nc2cc(-c3cc(Cl)ccc3F)c(=O)[nH]c2C(C)C)ccn1. The summed E-state index contributed by atoms with van der Waals surface area (Å²) in [7, 11) is 1.83. The number of hydrogen-bond donors (Lipinski definition) is 4. The van der Waals surface area contributed by atoms with Crippen molar-refractivity contribution in [3.63, 3.8) is 0 Å². The molecule has 2 aromatic heterocycles. The average Bonchev–Trinajstić information content (AvgIpc) is 2.71. The third-order valence-corrected chi connectivity index (χ3v) is 4.77. The maximum atomic E-state index is 14.4. The van der Waals surface area contributed by atoms with Gasteiger partial charge in [-0.1, -0.05) is 30.5 Å². The number of rotatable bonds is 6. The Labute approximate surface area is 184 Å². The molecule has 9 heteroatoms. The Morgan fingerprint density at radius 2 is 2.00 bits per heavy atom. The van der Waals surface area contributed by atoms with Crippen molar-refractivity contribution in [2.75, 3.05) is 17.7 Å². The quantitative estimate of drug-likeness (QED) is 0.200. The van der Waals surface area contributed by atoms with Crippen molar-refractivity contribution in [3.8, 4) is 11.1 Å². The zero-order valence-corrected chi connectivity index (χ0v) is 18.5. The standard InChI is InChI=1S/C22H24ClFN6O/c1-12(2)21-19(28-15-7-8-26-20(10-15)27-13(3)30-25-4)11-17(22(31)29-21)16-9-14(23)5-6-18(16)24/h5-12,25H,1-4H3,(H,29,31)(H2,26,27,28,30)/p+1. The fraction of sp³-hybridized carbons (Fsp3) is 0.227. The maximum absolute atomic E-state index is 14.4. The Morgan fingerprint density at radius 1 is 1.23 bits per heavy atom. The molecule has 0 aliphatic carbocycles. The summed E-state index contributed by atoms with van der Waals surface area (Å²) in [6, 6.07) is 9.42. The second-order valence-corrected chi connectivity index (χ2v) is 7.71. The number of H-pyrrole nitrogens is 1. The van der Waals surface area contributed by atoms with Gasteiger partial charge in [0.05, 0.1) is 18.3 Å². The lowest BCUT2D eigenvalue weighted by Crippen LogP contribution is -2.73. The minimum absolute atomic E-state index is 0.0300. The molecule has 1 aromatic carbocycles. The number of hydrogen-bond acceptors (Lipinski definition) is 4. The third kappa shape index (κ3) is 5.48. The number of halogens is 2. The van der Waals surface area contributed by atoms with E-state index in [2.05, 4.69) is 25.7 Å². The van der Waals surface area contributed by atoms with Crippen LogP contribution in [0, 0.1) is 5.82 Å². The number of quaternary nitrogens is 1. The van der Waals surface area contributed by atoms with Gasteiger partial charge in [0.15, 0.2) is 5.84 Å². The highest BCUT2D eigenvalue weighted by Crippen LogP contribution is 2.30. The van der Waals surface area contributed by atoms with Crippen LogP contribution in [0.1, 0.15) is 32.4 Å². The summed E-state index contributed by atoms with van der Waals surface area (Å²) in [4.78, 5) is 19.9. The van der Waals surface area contributed by atoms with E-state index in [-0.39, 0.29) is 22.6 Å². The molecule has 162 valence electrons. The van der Waals surface area contributed by atoms with Crippen LogP contribution in [0.2, 0.25) is 5.02 Å². The Morgan fingerprint density at radius 3 is 2.71 bits per heavy atom. The van der Waals surface area contributed by atoms with E-state index < -0.39 is 5.82 Å². The fourth-order valence-electron chi connectivity index (χ4n) is 3.15. The minimum atomic E-state index is -0.518.